The van der Waals surface area contributed by atoms with E-state index >= 15 is 0 Å². The van der Waals surface area contributed by atoms with E-state index in [4.69, 9.17) is 5.11 Å². The number of nitrogens with zero attached hydrogens (tertiary/aromatic N) is 3. The molecule has 0 saturated carbocycles. The van der Waals surface area contributed by atoms with Crippen LogP contribution < -0.4 is 5.32 Å². The monoisotopic (exact) mass is 310 g/mol. The highest BCUT2D eigenvalue weighted by molar-refractivity contribution is 5.85. The van der Waals surface area contributed by atoms with Gasteiger partial charge in [0.05, 0.1) is 0 Å². The summed E-state index contributed by atoms with van der Waals surface area (Å²) in [6.07, 6.45) is 3.00. The number of unbranched alkanes of at least 4 members (excludes halogenated alkanes) is 2. The third-order valence-electron chi connectivity index (χ3n) is 3.13. The Morgan fingerprint density at radius 3 is 2.57 bits per heavy atom. The number of nitrogens with one attached hydrogen (secondary N) is 1. The lowest BCUT2D eigenvalue weighted by molar-refractivity contribution is 0.283. The Bertz CT molecular complexity index is 516. The number of aliphatic hydroxyl groups excluding tert-OH is 1. The zero-order valence-corrected chi connectivity index (χ0v) is 13.1. The molecule has 0 radical (unpaired) electrons. The molecule has 1 aromatic carbocycles. The van der Waals surface area contributed by atoms with Gasteiger partial charge in [-0.25, -0.2) is 0 Å². The van der Waals surface area contributed by atoms with Gasteiger partial charge in [0.15, 0.2) is 0 Å². The van der Waals surface area contributed by atoms with Crippen LogP contribution in [0.15, 0.2) is 30.3 Å². The Morgan fingerprint density at radius 1 is 1.10 bits per heavy atom. The number of hydrogen-bond donors (Lipinski definition) is 2. The molecule has 0 aliphatic heterocycles. The fourth-order valence-electron chi connectivity index (χ4n) is 2.13. The lowest BCUT2D eigenvalue weighted by atomic mass is 10.1. The largest absolute Gasteiger partial charge is 0.396 e. The van der Waals surface area contributed by atoms with E-state index in [0.717, 1.165) is 49.3 Å². The number of rotatable bonds is 8. The van der Waals surface area contributed by atoms with Crippen molar-refractivity contribution in [2.45, 2.75) is 25.8 Å². The fourth-order valence-corrected chi connectivity index (χ4v) is 2.13. The van der Waals surface area contributed by atoms with Crippen LogP contribution in [0.4, 0.5) is 0 Å². The number of halogens is 1. The van der Waals surface area contributed by atoms with Crippen LogP contribution in [-0.4, -0.2) is 33.3 Å². The number of benzene rings is 1. The normalized spacial score (nSPS) is 10.4. The Hall–Kier alpha value is -1.43. The van der Waals surface area contributed by atoms with Gasteiger partial charge in [-0.1, -0.05) is 30.3 Å². The molecule has 0 aliphatic carbocycles. The quantitative estimate of drug-likeness (QED) is 0.733. The Labute approximate surface area is 131 Å². The summed E-state index contributed by atoms with van der Waals surface area (Å²) in [6.45, 7) is 1.93. The summed E-state index contributed by atoms with van der Waals surface area (Å²) in [5.41, 5.74) is 3.01. The van der Waals surface area contributed by atoms with Gasteiger partial charge in [0.2, 0.25) is 0 Å². The molecule has 0 aliphatic rings. The predicted octanol–water partition coefficient (Wildman–Crippen LogP) is 2.16. The molecule has 5 nitrogen and oxygen atoms in total. The number of aromatic nitrogens is 3. The first kappa shape index (κ1) is 17.6. The van der Waals surface area contributed by atoms with Crippen LogP contribution in [0.1, 0.15) is 25.0 Å². The maximum absolute atomic E-state index is 8.72. The summed E-state index contributed by atoms with van der Waals surface area (Å²) < 4.78 is 0. The molecule has 2 rings (SSSR count). The number of aryl methyl sites for hydroxylation is 1. The van der Waals surface area contributed by atoms with Crippen molar-refractivity contribution < 1.29 is 5.11 Å². The molecule has 1 heterocycles. The minimum Gasteiger partial charge on any atom is -0.396 e. The second kappa shape index (κ2) is 9.50. The highest BCUT2D eigenvalue weighted by atomic mass is 35.5. The molecular weight excluding hydrogens is 288 g/mol. The standard InChI is InChI=1S/C15H22N4O.ClH/c1-19-17-14(12-16-10-6-3-7-11-20)15(18-19)13-8-4-2-5-9-13;/h2,4-5,8-9,16,20H,3,6-7,10-12H2,1H3;1H. The minimum atomic E-state index is 0. The Balaban J connectivity index is 0.00000220. The van der Waals surface area contributed by atoms with E-state index in [-0.39, 0.29) is 19.0 Å². The zero-order chi connectivity index (χ0) is 14.2. The van der Waals surface area contributed by atoms with Crippen molar-refractivity contribution in [2.75, 3.05) is 13.2 Å². The van der Waals surface area contributed by atoms with E-state index in [1.54, 1.807) is 4.80 Å². The lowest BCUT2D eigenvalue weighted by Crippen LogP contribution is -2.15. The molecule has 116 valence electrons. The van der Waals surface area contributed by atoms with E-state index in [0.29, 0.717) is 0 Å². The molecule has 0 atom stereocenters. The third kappa shape index (κ3) is 5.46. The van der Waals surface area contributed by atoms with Crippen molar-refractivity contribution in [2.24, 2.45) is 7.05 Å². The molecule has 6 heteroatoms. The smallest absolute Gasteiger partial charge is 0.117 e. The molecule has 1 aromatic heterocycles. The minimum absolute atomic E-state index is 0. The SMILES string of the molecule is Cl.Cn1nc(CNCCCCCO)c(-c2ccccc2)n1. The topological polar surface area (TPSA) is 63.0 Å². The van der Waals surface area contributed by atoms with E-state index in [9.17, 15) is 0 Å². The highest BCUT2D eigenvalue weighted by Crippen LogP contribution is 2.19. The molecule has 0 saturated heterocycles. The first-order chi connectivity index (χ1) is 9.81. The summed E-state index contributed by atoms with van der Waals surface area (Å²) >= 11 is 0. The second-order valence-corrected chi connectivity index (χ2v) is 4.81. The van der Waals surface area contributed by atoms with Crippen molar-refractivity contribution in [1.82, 2.24) is 20.3 Å². The van der Waals surface area contributed by atoms with E-state index in [1.807, 2.05) is 25.2 Å². The maximum atomic E-state index is 8.72. The van der Waals surface area contributed by atoms with Crippen molar-refractivity contribution in [1.29, 1.82) is 0 Å². The van der Waals surface area contributed by atoms with Crippen LogP contribution in [0, 0.1) is 0 Å². The van der Waals surface area contributed by atoms with Crippen molar-refractivity contribution in [3.63, 3.8) is 0 Å². The summed E-state index contributed by atoms with van der Waals surface area (Å²) in [5, 5.41) is 21.0. The second-order valence-electron chi connectivity index (χ2n) is 4.81. The molecule has 0 fully saturated rings. The maximum Gasteiger partial charge on any atom is 0.117 e. The van der Waals surface area contributed by atoms with Crippen LogP contribution in [0.5, 0.6) is 0 Å². The molecule has 21 heavy (non-hydrogen) atoms. The first-order valence-corrected chi connectivity index (χ1v) is 7.08. The van der Waals surface area contributed by atoms with E-state index in [1.165, 1.54) is 0 Å². The van der Waals surface area contributed by atoms with Gasteiger partial charge in [0.25, 0.3) is 0 Å². The first-order valence-electron chi connectivity index (χ1n) is 7.08. The molecule has 0 unspecified atom stereocenters. The summed E-state index contributed by atoms with van der Waals surface area (Å²) in [5.74, 6) is 0. The van der Waals surface area contributed by atoms with Gasteiger partial charge >= 0.3 is 0 Å². The van der Waals surface area contributed by atoms with Gasteiger partial charge in [0.1, 0.15) is 11.4 Å². The number of hydrogen-bond acceptors (Lipinski definition) is 4. The molecule has 0 amide bonds. The van der Waals surface area contributed by atoms with Crippen LogP contribution in [0.2, 0.25) is 0 Å². The third-order valence-corrected chi connectivity index (χ3v) is 3.13. The molecule has 2 aromatic rings. The molecular formula is C15H23ClN4O. The highest BCUT2D eigenvalue weighted by Gasteiger charge is 2.10. The van der Waals surface area contributed by atoms with Crippen molar-refractivity contribution >= 4 is 12.4 Å². The van der Waals surface area contributed by atoms with Crippen LogP contribution in [-0.2, 0) is 13.6 Å². The predicted molar refractivity (Wildman–Crippen MR) is 86.3 cm³/mol. The van der Waals surface area contributed by atoms with Gasteiger partial charge < -0.3 is 10.4 Å². The van der Waals surface area contributed by atoms with Gasteiger partial charge in [-0.05, 0) is 25.8 Å². The van der Waals surface area contributed by atoms with Crippen molar-refractivity contribution in [3.05, 3.63) is 36.0 Å². The summed E-state index contributed by atoms with van der Waals surface area (Å²) in [6, 6.07) is 10.1. The Morgan fingerprint density at radius 2 is 1.86 bits per heavy atom. The van der Waals surface area contributed by atoms with E-state index < -0.39 is 0 Å². The van der Waals surface area contributed by atoms with Crippen LogP contribution >= 0.6 is 12.4 Å². The molecule has 2 N–H and O–H groups in total. The van der Waals surface area contributed by atoms with Crippen LogP contribution in [0.3, 0.4) is 0 Å². The van der Waals surface area contributed by atoms with Gasteiger partial charge in [0, 0.05) is 25.8 Å². The lowest BCUT2D eigenvalue weighted by Gasteiger charge is -2.04. The fraction of sp³-hybridized carbons (Fsp3) is 0.467. The zero-order valence-electron chi connectivity index (χ0n) is 12.3. The average Bonchev–Trinajstić information content (AvgIpc) is 2.85. The summed E-state index contributed by atoms with van der Waals surface area (Å²) in [7, 11) is 1.84. The molecule has 0 spiro atoms. The Kier molecular flexibility index (Phi) is 7.97. The summed E-state index contributed by atoms with van der Waals surface area (Å²) in [4.78, 5) is 1.62. The van der Waals surface area contributed by atoms with Crippen molar-refractivity contribution in [3.8, 4) is 11.3 Å². The van der Waals surface area contributed by atoms with Gasteiger partial charge in [-0.2, -0.15) is 15.0 Å². The molecule has 0 bridgehead atoms. The van der Waals surface area contributed by atoms with Crippen LogP contribution in [0.25, 0.3) is 11.3 Å². The number of aliphatic hydroxyl groups is 1. The average molecular weight is 311 g/mol. The van der Waals surface area contributed by atoms with Gasteiger partial charge in [-0.15, -0.1) is 12.4 Å². The van der Waals surface area contributed by atoms with Gasteiger partial charge in [-0.3, -0.25) is 0 Å². The van der Waals surface area contributed by atoms with E-state index in [2.05, 4.69) is 27.6 Å².